The van der Waals surface area contributed by atoms with E-state index in [1.165, 1.54) is 0 Å². The van der Waals surface area contributed by atoms with Crippen molar-refractivity contribution < 1.29 is 4.74 Å². The molecular formula is C13H13Cl2N3O. The predicted octanol–water partition coefficient (Wildman–Crippen LogP) is 3.56. The van der Waals surface area contributed by atoms with Gasteiger partial charge in [-0.2, -0.15) is 0 Å². The topological polar surface area (TPSA) is 60.2 Å². The SMILES string of the molecule is Cc1ccc(OCc2nc(NN)ccc2Cl)c(Cl)c1. The van der Waals surface area contributed by atoms with E-state index in [9.17, 15) is 0 Å². The Labute approximate surface area is 121 Å². The first kappa shape index (κ1) is 13.9. The van der Waals surface area contributed by atoms with E-state index in [1.807, 2.05) is 25.1 Å². The molecule has 0 atom stereocenters. The van der Waals surface area contributed by atoms with Gasteiger partial charge in [0.25, 0.3) is 0 Å². The van der Waals surface area contributed by atoms with Gasteiger partial charge in [-0.25, -0.2) is 10.8 Å². The molecule has 0 aliphatic carbocycles. The second-order valence-electron chi connectivity index (χ2n) is 3.99. The highest BCUT2D eigenvalue weighted by molar-refractivity contribution is 6.32. The number of aryl methyl sites for hydroxylation is 1. The number of rotatable bonds is 4. The van der Waals surface area contributed by atoms with Crippen molar-refractivity contribution >= 4 is 29.0 Å². The molecule has 100 valence electrons. The van der Waals surface area contributed by atoms with Gasteiger partial charge in [-0.1, -0.05) is 29.3 Å². The molecule has 0 amide bonds. The predicted molar refractivity (Wildman–Crippen MR) is 77.6 cm³/mol. The number of hydrogen-bond donors (Lipinski definition) is 2. The lowest BCUT2D eigenvalue weighted by Crippen LogP contribution is -2.10. The minimum absolute atomic E-state index is 0.219. The summed E-state index contributed by atoms with van der Waals surface area (Å²) in [5, 5.41) is 1.08. The van der Waals surface area contributed by atoms with E-state index in [1.54, 1.807) is 12.1 Å². The smallest absolute Gasteiger partial charge is 0.140 e. The molecule has 6 heteroatoms. The van der Waals surface area contributed by atoms with Crippen molar-refractivity contribution in [1.29, 1.82) is 0 Å². The van der Waals surface area contributed by atoms with Crippen LogP contribution < -0.4 is 16.0 Å². The van der Waals surface area contributed by atoms with E-state index in [2.05, 4.69) is 10.4 Å². The van der Waals surface area contributed by atoms with Crippen molar-refractivity contribution in [3.05, 3.63) is 51.6 Å². The lowest BCUT2D eigenvalue weighted by Gasteiger charge is -2.10. The summed E-state index contributed by atoms with van der Waals surface area (Å²) in [5.41, 5.74) is 4.12. The Hall–Kier alpha value is -1.49. The van der Waals surface area contributed by atoms with Crippen LogP contribution in [0.3, 0.4) is 0 Å². The molecule has 0 aliphatic rings. The molecule has 0 saturated carbocycles. The van der Waals surface area contributed by atoms with Crippen LogP contribution in [0.1, 0.15) is 11.3 Å². The van der Waals surface area contributed by atoms with E-state index < -0.39 is 0 Å². The number of nitrogens with two attached hydrogens (primary N) is 1. The van der Waals surface area contributed by atoms with E-state index in [-0.39, 0.29) is 6.61 Å². The van der Waals surface area contributed by atoms with Crippen LogP contribution in [0.2, 0.25) is 10.0 Å². The zero-order chi connectivity index (χ0) is 13.8. The fourth-order valence-corrected chi connectivity index (χ4v) is 1.98. The van der Waals surface area contributed by atoms with Gasteiger partial charge in [0.2, 0.25) is 0 Å². The maximum absolute atomic E-state index is 6.08. The van der Waals surface area contributed by atoms with Gasteiger partial charge in [0.05, 0.1) is 15.7 Å². The molecule has 1 aromatic heterocycles. The maximum Gasteiger partial charge on any atom is 0.140 e. The molecular weight excluding hydrogens is 285 g/mol. The van der Waals surface area contributed by atoms with Gasteiger partial charge in [-0.05, 0) is 36.8 Å². The largest absolute Gasteiger partial charge is 0.486 e. The summed E-state index contributed by atoms with van der Waals surface area (Å²) in [7, 11) is 0. The van der Waals surface area contributed by atoms with Crippen LogP contribution in [0.5, 0.6) is 5.75 Å². The molecule has 0 saturated heterocycles. The third-order valence-electron chi connectivity index (χ3n) is 2.52. The van der Waals surface area contributed by atoms with Gasteiger partial charge in [0, 0.05) is 0 Å². The number of halogens is 2. The summed E-state index contributed by atoms with van der Waals surface area (Å²) in [4.78, 5) is 4.22. The summed E-state index contributed by atoms with van der Waals surface area (Å²) in [5.74, 6) is 6.42. The van der Waals surface area contributed by atoms with E-state index in [0.717, 1.165) is 5.56 Å². The monoisotopic (exact) mass is 297 g/mol. The van der Waals surface area contributed by atoms with Gasteiger partial charge in [-0.15, -0.1) is 0 Å². The molecule has 0 fully saturated rings. The average molecular weight is 298 g/mol. The molecule has 0 unspecified atom stereocenters. The van der Waals surface area contributed by atoms with E-state index >= 15 is 0 Å². The Morgan fingerprint density at radius 3 is 2.68 bits per heavy atom. The van der Waals surface area contributed by atoms with Crippen LogP contribution in [-0.4, -0.2) is 4.98 Å². The minimum Gasteiger partial charge on any atom is -0.486 e. The van der Waals surface area contributed by atoms with Crippen LogP contribution in [0.4, 0.5) is 5.82 Å². The summed E-state index contributed by atoms with van der Waals surface area (Å²) in [6.45, 7) is 2.18. The van der Waals surface area contributed by atoms with Gasteiger partial charge in [0.15, 0.2) is 0 Å². The number of aromatic nitrogens is 1. The first-order valence-corrected chi connectivity index (χ1v) is 6.36. The number of benzene rings is 1. The van der Waals surface area contributed by atoms with Crippen LogP contribution in [0.25, 0.3) is 0 Å². The number of nitrogens with one attached hydrogen (secondary N) is 1. The fourth-order valence-electron chi connectivity index (χ4n) is 1.54. The number of anilines is 1. The fraction of sp³-hybridized carbons (Fsp3) is 0.154. The maximum atomic E-state index is 6.08. The Bertz CT molecular complexity index is 590. The molecule has 1 heterocycles. The van der Waals surface area contributed by atoms with E-state index in [4.69, 9.17) is 33.8 Å². The summed E-state index contributed by atoms with van der Waals surface area (Å²) in [6, 6.07) is 8.97. The van der Waals surface area contributed by atoms with E-state index in [0.29, 0.717) is 27.3 Å². The molecule has 0 spiro atoms. The number of nitrogen functional groups attached to an aromatic ring is 1. The van der Waals surface area contributed by atoms with Gasteiger partial charge >= 0.3 is 0 Å². The summed E-state index contributed by atoms with van der Waals surface area (Å²) >= 11 is 12.1. The van der Waals surface area contributed by atoms with Crippen molar-refractivity contribution in [3.63, 3.8) is 0 Å². The lowest BCUT2D eigenvalue weighted by molar-refractivity contribution is 0.302. The number of hydrazine groups is 1. The number of ether oxygens (including phenoxy) is 1. The van der Waals surface area contributed by atoms with Gasteiger partial charge in [-0.3, -0.25) is 0 Å². The Morgan fingerprint density at radius 1 is 1.21 bits per heavy atom. The van der Waals surface area contributed by atoms with Crippen molar-refractivity contribution in [2.75, 3.05) is 5.43 Å². The Balaban J connectivity index is 2.14. The summed E-state index contributed by atoms with van der Waals surface area (Å²) < 4.78 is 5.61. The van der Waals surface area contributed by atoms with Crippen LogP contribution >= 0.6 is 23.2 Å². The van der Waals surface area contributed by atoms with Crippen molar-refractivity contribution in [2.24, 2.45) is 5.84 Å². The lowest BCUT2D eigenvalue weighted by atomic mass is 10.2. The molecule has 0 aliphatic heterocycles. The highest BCUT2D eigenvalue weighted by Crippen LogP contribution is 2.26. The normalized spacial score (nSPS) is 10.3. The molecule has 3 N–H and O–H groups in total. The molecule has 2 aromatic rings. The second-order valence-corrected chi connectivity index (χ2v) is 4.81. The first-order valence-electron chi connectivity index (χ1n) is 5.61. The minimum atomic E-state index is 0.219. The zero-order valence-electron chi connectivity index (χ0n) is 10.3. The van der Waals surface area contributed by atoms with Crippen molar-refractivity contribution in [1.82, 2.24) is 4.98 Å². The van der Waals surface area contributed by atoms with Crippen molar-refractivity contribution in [3.8, 4) is 5.75 Å². The van der Waals surface area contributed by atoms with Crippen LogP contribution in [0.15, 0.2) is 30.3 Å². The first-order chi connectivity index (χ1) is 9.10. The Morgan fingerprint density at radius 2 is 2.00 bits per heavy atom. The third-order valence-corrected chi connectivity index (χ3v) is 3.16. The zero-order valence-corrected chi connectivity index (χ0v) is 11.8. The summed E-state index contributed by atoms with van der Waals surface area (Å²) in [6.07, 6.45) is 0. The quantitative estimate of drug-likeness (QED) is 0.669. The van der Waals surface area contributed by atoms with Crippen LogP contribution in [0, 0.1) is 6.92 Å². The highest BCUT2D eigenvalue weighted by Gasteiger charge is 2.07. The molecule has 4 nitrogen and oxygen atoms in total. The van der Waals surface area contributed by atoms with Gasteiger partial charge in [0.1, 0.15) is 18.2 Å². The number of hydrogen-bond acceptors (Lipinski definition) is 4. The number of nitrogens with zero attached hydrogens (tertiary/aromatic N) is 1. The third kappa shape index (κ3) is 3.50. The average Bonchev–Trinajstić information content (AvgIpc) is 2.39. The second kappa shape index (κ2) is 6.10. The van der Waals surface area contributed by atoms with Crippen molar-refractivity contribution in [2.45, 2.75) is 13.5 Å². The molecule has 1 aromatic carbocycles. The van der Waals surface area contributed by atoms with Gasteiger partial charge < -0.3 is 10.2 Å². The number of pyridine rings is 1. The van der Waals surface area contributed by atoms with Crippen LogP contribution in [-0.2, 0) is 6.61 Å². The molecule has 0 bridgehead atoms. The molecule has 19 heavy (non-hydrogen) atoms. The molecule has 0 radical (unpaired) electrons. The standard InChI is InChI=1S/C13H13Cl2N3O/c1-8-2-4-12(10(15)6-8)19-7-11-9(14)3-5-13(17-11)18-16/h2-6H,7,16H2,1H3,(H,17,18). The molecule has 2 rings (SSSR count). The Kier molecular flexibility index (Phi) is 4.47. The highest BCUT2D eigenvalue weighted by atomic mass is 35.5.